The highest BCUT2D eigenvalue weighted by atomic mass is 16.5. The fourth-order valence-electron chi connectivity index (χ4n) is 2.58. The number of pyridine rings is 1. The third kappa shape index (κ3) is 3.49. The summed E-state index contributed by atoms with van der Waals surface area (Å²) in [4.78, 5) is 27.4. The molecule has 1 fully saturated rings. The Labute approximate surface area is 133 Å². The van der Waals surface area contributed by atoms with Crippen LogP contribution in [0.1, 0.15) is 59.8 Å². The van der Waals surface area contributed by atoms with E-state index in [2.05, 4.69) is 15.5 Å². The Morgan fingerprint density at radius 2 is 2.17 bits per heavy atom. The Bertz CT molecular complexity index is 749. The fraction of sp³-hybridized carbons (Fsp3) is 0.500. The lowest BCUT2D eigenvalue weighted by Gasteiger charge is -2.07. The zero-order chi connectivity index (χ0) is 16.4. The van der Waals surface area contributed by atoms with Crippen molar-refractivity contribution in [1.29, 1.82) is 0 Å². The van der Waals surface area contributed by atoms with Crippen LogP contribution in [0.25, 0.3) is 11.1 Å². The first kappa shape index (κ1) is 15.5. The highest BCUT2D eigenvalue weighted by molar-refractivity contribution is 6.06. The van der Waals surface area contributed by atoms with E-state index < -0.39 is 5.97 Å². The number of fused-ring (bicyclic) bond motifs is 1. The normalized spacial score (nSPS) is 14.1. The minimum absolute atomic E-state index is 0.117. The van der Waals surface area contributed by atoms with Crippen LogP contribution >= 0.6 is 0 Å². The predicted octanol–water partition coefficient (Wildman–Crippen LogP) is 2.39. The van der Waals surface area contributed by atoms with Crippen molar-refractivity contribution in [3.05, 3.63) is 23.0 Å². The number of aliphatic carboxylic acids is 1. The lowest BCUT2D eigenvalue weighted by molar-refractivity contribution is -0.137. The van der Waals surface area contributed by atoms with Crippen molar-refractivity contribution in [2.24, 2.45) is 0 Å². The monoisotopic (exact) mass is 317 g/mol. The number of hydrogen-bond acceptors (Lipinski definition) is 5. The summed E-state index contributed by atoms with van der Waals surface area (Å²) in [5.74, 6) is -0.603. The summed E-state index contributed by atoms with van der Waals surface area (Å²) in [6.07, 6.45) is 3.46. The SMILES string of the molecule is Cc1noc2nc(C3CC3)cc(C(=O)NCCCCC(=O)O)c12. The van der Waals surface area contributed by atoms with Gasteiger partial charge >= 0.3 is 5.97 Å². The molecule has 23 heavy (non-hydrogen) atoms. The second kappa shape index (κ2) is 6.36. The van der Waals surface area contributed by atoms with Gasteiger partial charge in [-0.15, -0.1) is 0 Å². The van der Waals surface area contributed by atoms with Crippen molar-refractivity contribution in [3.63, 3.8) is 0 Å². The average Bonchev–Trinajstić information content (AvgIpc) is 3.30. The van der Waals surface area contributed by atoms with Crippen molar-refractivity contribution in [2.75, 3.05) is 6.54 Å². The molecule has 0 radical (unpaired) electrons. The third-order valence-corrected chi connectivity index (χ3v) is 3.98. The fourth-order valence-corrected chi connectivity index (χ4v) is 2.58. The first-order valence-electron chi connectivity index (χ1n) is 7.83. The van der Waals surface area contributed by atoms with Gasteiger partial charge in [-0.1, -0.05) is 5.16 Å². The number of carboxylic acids is 1. The van der Waals surface area contributed by atoms with E-state index in [1.54, 1.807) is 6.92 Å². The van der Waals surface area contributed by atoms with Crippen molar-refractivity contribution in [1.82, 2.24) is 15.5 Å². The lowest BCUT2D eigenvalue weighted by Crippen LogP contribution is -2.25. The van der Waals surface area contributed by atoms with Gasteiger partial charge in [0.15, 0.2) is 0 Å². The quantitative estimate of drug-likeness (QED) is 0.760. The van der Waals surface area contributed by atoms with Gasteiger partial charge in [-0.3, -0.25) is 9.59 Å². The summed E-state index contributed by atoms with van der Waals surface area (Å²) >= 11 is 0. The molecule has 1 aliphatic rings. The second-order valence-electron chi connectivity index (χ2n) is 5.92. The van der Waals surface area contributed by atoms with Crippen LogP contribution in [-0.4, -0.2) is 33.7 Å². The predicted molar refractivity (Wildman–Crippen MR) is 82.3 cm³/mol. The zero-order valence-corrected chi connectivity index (χ0v) is 13.0. The van der Waals surface area contributed by atoms with Gasteiger partial charge in [0.1, 0.15) is 0 Å². The van der Waals surface area contributed by atoms with Gasteiger partial charge in [0.25, 0.3) is 11.6 Å². The number of nitrogens with zero attached hydrogens (tertiary/aromatic N) is 2. The first-order chi connectivity index (χ1) is 11.1. The second-order valence-corrected chi connectivity index (χ2v) is 5.92. The molecule has 0 aliphatic heterocycles. The van der Waals surface area contributed by atoms with Gasteiger partial charge in [-0.05, 0) is 38.7 Å². The maximum absolute atomic E-state index is 12.5. The Morgan fingerprint density at radius 3 is 2.87 bits per heavy atom. The van der Waals surface area contributed by atoms with Gasteiger partial charge in [-0.2, -0.15) is 0 Å². The van der Waals surface area contributed by atoms with Gasteiger partial charge in [-0.25, -0.2) is 4.98 Å². The van der Waals surface area contributed by atoms with E-state index in [1.807, 2.05) is 6.07 Å². The molecule has 7 heteroatoms. The standard InChI is InChI=1S/C16H19N3O4/c1-9-14-11(15(22)17-7-3-2-4-13(20)21)8-12(10-5-6-10)18-16(14)23-19-9/h8,10H,2-7H2,1H3,(H,17,22)(H,20,21). The van der Waals surface area contributed by atoms with Crippen LogP contribution in [0, 0.1) is 6.92 Å². The van der Waals surface area contributed by atoms with E-state index >= 15 is 0 Å². The highest BCUT2D eigenvalue weighted by Gasteiger charge is 2.28. The Kier molecular flexibility index (Phi) is 4.27. The largest absolute Gasteiger partial charge is 0.481 e. The van der Waals surface area contributed by atoms with Crippen LogP contribution < -0.4 is 5.32 Å². The molecule has 3 rings (SSSR count). The minimum Gasteiger partial charge on any atom is -0.481 e. The summed E-state index contributed by atoms with van der Waals surface area (Å²) in [5.41, 5.74) is 2.47. The smallest absolute Gasteiger partial charge is 0.303 e. The van der Waals surface area contributed by atoms with Crippen LogP contribution in [0.15, 0.2) is 10.6 Å². The van der Waals surface area contributed by atoms with Crippen molar-refractivity contribution >= 4 is 23.0 Å². The van der Waals surface area contributed by atoms with Gasteiger partial charge < -0.3 is 14.9 Å². The molecule has 0 spiro atoms. The molecule has 1 amide bonds. The number of rotatable bonds is 7. The number of unbranched alkanes of at least 4 members (excludes halogenated alkanes) is 1. The molecule has 0 aromatic carbocycles. The zero-order valence-electron chi connectivity index (χ0n) is 13.0. The van der Waals surface area contributed by atoms with Gasteiger partial charge in [0, 0.05) is 24.6 Å². The van der Waals surface area contributed by atoms with Crippen molar-refractivity contribution in [3.8, 4) is 0 Å². The topological polar surface area (TPSA) is 105 Å². The van der Waals surface area contributed by atoms with Crippen LogP contribution in [0.2, 0.25) is 0 Å². The Balaban J connectivity index is 1.73. The molecular weight excluding hydrogens is 298 g/mol. The minimum atomic E-state index is -0.818. The Hall–Kier alpha value is -2.44. The van der Waals surface area contributed by atoms with Crippen molar-refractivity contribution in [2.45, 2.75) is 44.9 Å². The molecule has 2 N–H and O–H groups in total. The van der Waals surface area contributed by atoms with E-state index in [0.717, 1.165) is 18.5 Å². The summed E-state index contributed by atoms with van der Waals surface area (Å²) in [7, 11) is 0. The number of aryl methyl sites for hydroxylation is 1. The Morgan fingerprint density at radius 1 is 1.39 bits per heavy atom. The van der Waals surface area contributed by atoms with E-state index in [1.165, 1.54) is 0 Å². The van der Waals surface area contributed by atoms with Crippen molar-refractivity contribution < 1.29 is 19.2 Å². The summed E-state index contributed by atoms with van der Waals surface area (Å²) in [6.45, 7) is 2.23. The molecule has 0 bridgehead atoms. The number of amides is 1. The number of carboxylic acid groups (broad SMARTS) is 1. The maximum atomic E-state index is 12.5. The van der Waals surface area contributed by atoms with E-state index in [0.29, 0.717) is 47.7 Å². The molecule has 0 saturated heterocycles. The number of nitrogens with one attached hydrogen (secondary N) is 1. The number of carbonyl (C=O) groups excluding carboxylic acids is 1. The molecule has 122 valence electrons. The first-order valence-corrected chi connectivity index (χ1v) is 7.83. The number of hydrogen-bond donors (Lipinski definition) is 2. The van der Waals surface area contributed by atoms with E-state index in [9.17, 15) is 9.59 Å². The van der Waals surface area contributed by atoms with Crippen LogP contribution in [0.5, 0.6) is 0 Å². The molecule has 2 aromatic heterocycles. The van der Waals surface area contributed by atoms with Gasteiger partial charge in [0.05, 0.1) is 16.6 Å². The number of carbonyl (C=O) groups is 2. The molecule has 2 heterocycles. The molecular formula is C16H19N3O4. The lowest BCUT2D eigenvalue weighted by atomic mass is 10.1. The average molecular weight is 317 g/mol. The van der Waals surface area contributed by atoms with Crippen LogP contribution in [0.3, 0.4) is 0 Å². The van der Waals surface area contributed by atoms with Crippen LogP contribution in [-0.2, 0) is 4.79 Å². The van der Waals surface area contributed by atoms with Crippen LogP contribution in [0.4, 0.5) is 0 Å². The molecule has 1 aliphatic carbocycles. The highest BCUT2D eigenvalue weighted by Crippen LogP contribution is 2.40. The van der Waals surface area contributed by atoms with E-state index in [-0.39, 0.29) is 12.3 Å². The summed E-state index contributed by atoms with van der Waals surface area (Å²) in [6, 6.07) is 1.83. The van der Waals surface area contributed by atoms with Gasteiger partial charge in [0.2, 0.25) is 0 Å². The van der Waals surface area contributed by atoms with E-state index in [4.69, 9.17) is 9.63 Å². The molecule has 1 saturated carbocycles. The summed E-state index contributed by atoms with van der Waals surface area (Å²) < 4.78 is 5.22. The maximum Gasteiger partial charge on any atom is 0.303 e. The number of aromatic nitrogens is 2. The third-order valence-electron chi connectivity index (χ3n) is 3.98. The molecule has 7 nitrogen and oxygen atoms in total. The molecule has 2 aromatic rings. The molecule has 0 unspecified atom stereocenters. The molecule has 0 atom stereocenters. The summed E-state index contributed by atoms with van der Waals surface area (Å²) in [5, 5.41) is 16.0.